The number of nitrogens with one attached hydrogen (secondary N) is 3. The first-order valence-electron chi connectivity index (χ1n) is 10.7. The molecule has 0 fully saturated rings. The number of ether oxygens (including phenoxy) is 2. The molecule has 0 bridgehead atoms. The minimum absolute atomic E-state index is 0.0664. The number of anilines is 2. The lowest BCUT2D eigenvalue weighted by Crippen LogP contribution is -2.16. The van der Waals surface area contributed by atoms with Gasteiger partial charge in [0, 0.05) is 16.6 Å². The molecule has 0 saturated heterocycles. The van der Waals surface area contributed by atoms with E-state index in [4.69, 9.17) is 9.47 Å². The Kier molecular flexibility index (Phi) is 4.95. The third-order valence-electron chi connectivity index (χ3n) is 5.91. The van der Waals surface area contributed by atoms with E-state index in [1.165, 1.54) is 11.1 Å². The summed E-state index contributed by atoms with van der Waals surface area (Å²) in [6, 6.07) is 13.0. The summed E-state index contributed by atoms with van der Waals surface area (Å²) in [5.41, 5.74) is 5.99. The SMILES string of the molecule is COc1cc2cc3c(Nc4cc(C(C)(C)C)cc(C(C)(C)C)c4)[nH][nH]c-3c2cc1OC. The Morgan fingerprint density at radius 3 is 1.84 bits per heavy atom. The van der Waals surface area contributed by atoms with E-state index >= 15 is 0 Å². The second kappa shape index (κ2) is 7.26. The fourth-order valence-electron chi connectivity index (χ4n) is 3.94. The van der Waals surface area contributed by atoms with Crippen LogP contribution in [-0.2, 0) is 10.8 Å². The Balaban J connectivity index is 1.78. The Morgan fingerprint density at radius 2 is 1.29 bits per heavy atom. The lowest BCUT2D eigenvalue weighted by molar-refractivity contribution is 0.356. The van der Waals surface area contributed by atoms with Gasteiger partial charge in [-0.25, -0.2) is 0 Å². The normalized spacial score (nSPS) is 12.5. The second-order valence-corrected chi connectivity index (χ2v) is 10.3. The molecule has 0 spiro atoms. The first kappa shape index (κ1) is 21.2. The van der Waals surface area contributed by atoms with Gasteiger partial charge in [-0.15, -0.1) is 0 Å². The van der Waals surface area contributed by atoms with Gasteiger partial charge in [0.2, 0.25) is 0 Å². The van der Waals surface area contributed by atoms with Gasteiger partial charge >= 0.3 is 0 Å². The van der Waals surface area contributed by atoms with Gasteiger partial charge in [0.15, 0.2) is 11.5 Å². The van der Waals surface area contributed by atoms with Crippen molar-refractivity contribution in [2.24, 2.45) is 0 Å². The summed E-state index contributed by atoms with van der Waals surface area (Å²) in [4.78, 5) is 0. The Bertz CT molecular complexity index is 1170. The number of aromatic amines is 2. The zero-order valence-electron chi connectivity index (χ0n) is 19.8. The summed E-state index contributed by atoms with van der Waals surface area (Å²) < 4.78 is 11.0. The highest BCUT2D eigenvalue weighted by Crippen LogP contribution is 2.43. The summed E-state index contributed by atoms with van der Waals surface area (Å²) in [6.45, 7) is 13.5. The Morgan fingerprint density at radius 1 is 0.710 bits per heavy atom. The van der Waals surface area contributed by atoms with Crippen molar-refractivity contribution in [3.05, 3.63) is 47.5 Å². The monoisotopic (exact) mass is 419 g/mol. The van der Waals surface area contributed by atoms with E-state index in [0.717, 1.165) is 45.0 Å². The van der Waals surface area contributed by atoms with E-state index in [-0.39, 0.29) is 10.8 Å². The van der Waals surface area contributed by atoms with Gasteiger partial charge in [0.1, 0.15) is 5.82 Å². The van der Waals surface area contributed by atoms with Gasteiger partial charge < -0.3 is 14.8 Å². The van der Waals surface area contributed by atoms with Gasteiger partial charge in [-0.2, -0.15) is 0 Å². The van der Waals surface area contributed by atoms with Gasteiger partial charge in [-0.1, -0.05) is 47.6 Å². The number of methoxy groups -OCH3 is 2. The van der Waals surface area contributed by atoms with Crippen LogP contribution in [0, 0.1) is 0 Å². The molecule has 0 amide bonds. The maximum Gasteiger partial charge on any atom is 0.161 e. The van der Waals surface area contributed by atoms with Crippen molar-refractivity contribution in [2.45, 2.75) is 52.4 Å². The molecular formula is C26H33N3O2. The predicted octanol–water partition coefficient (Wildman–Crippen LogP) is 6.96. The van der Waals surface area contributed by atoms with Gasteiger partial charge in [0.05, 0.1) is 19.9 Å². The molecule has 0 radical (unpaired) electrons. The quantitative estimate of drug-likeness (QED) is 0.335. The highest BCUT2D eigenvalue weighted by molar-refractivity contribution is 6.05. The molecule has 1 aliphatic carbocycles. The number of aromatic nitrogens is 2. The van der Waals surface area contributed by atoms with Crippen LogP contribution in [0.15, 0.2) is 36.4 Å². The number of rotatable bonds is 4. The molecule has 1 heterocycles. The van der Waals surface area contributed by atoms with Gasteiger partial charge in [-0.3, -0.25) is 10.2 Å². The Hall–Kier alpha value is -3.08. The van der Waals surface area contributed by atoms with Crippen molar-refractivity contribution < 1.29 is 9.47 Å². The van der Waals surface area contributed by atoms with Crippen molar-refractivity contribution in [3.63, 3.8) is 0 Å². The third-order valence-corrected chi connectivity index (χ3v) is 5.91. The smallest absolute Gasteiger partial charge is 0.161 e. The van der Waals surface area contributed by atoms with Crippen LogP contribution in [0.1, 0.15) is 52.7 Å². The highest BCUT2D eigenvalue weighted by Gasteiger charge is 2.23. The summed E-state index contributed by atoms with van der Waals surface area (Å²) in [7, 11) is 3.32. The molecule has 5 heteroatoms. The summed E-state index contributed by atoms with van der Waals surface area (Å²) in [5.74, 6) is 2.39. The largest absolute Gasteiger partial charge is 0.493 e. The zero-order chi connectivity index (χ0) is 22.6. The van der Waals surface area contributed by atoms with E-state index in [1.54, 1.807) is 14.2 Å². The fraction of sp³-hybridized carbons (Fsp3) is 0.385. The van der Waals surface area contributed by atoms with Crippen LogP contribution in [-0.4, -0.2) is 24.4 Å². The topological polar surface area (TPSA) is 62.1 Å². The van der Waals surface area contributed by atoms with E-state index in [0.29, 0.717) is 0 Å². The molecule has 2 aromatic rings. The van der Waals surface area contributed by atoms with Crippen LogP contribution in [0.5, 0.6) is 11.5 Å². The minimum atomic E-state index is 0.0664. The average molecular weight is 420 g/mol. The number of benzene rings is 2. The number of hydrogen-bond donors (Lipinski definition) is 3. The minimum Gasteiger partial charge on any atom is -0.493 e. The molecule has 1 aliphatic heterocycles. The van der Waals surface area contributed by atoms with Crippen LogP contribution in [0.3, 0.4) is 0 Å². The van der Waals surface area contributed by atoms with Crippen molar-refractivity contribution >= 4 is 22.3 Å². The fourth-order valence-corrected chi connectivity index (χ4v) is 3.94. The van der Waals surface area contributed by atoms with Gasteiger partial charge in [-0.05, 0) is 57.7 Å². The van der Waals surface area contributed by atoms with E-state index in [2.05, 4.69) is 81.3 Å². The molecule has 4 rings (SSSR count). The number of H-pyrrole nitrogens is 2. The van der Waals surface area contributed by atoms with Crippen LogP contribution in [0.25, 0.3) is 22.0 Å². The first-order chi connectivity index (χ1) is 14.5. The standard InChI is InChI=1S/C26H33N3O2/c1-25(2,3)16-11-17(26(4,5)6)13-18(12-16)27-24-20-9-15-10-21(30-7)22(31-8)14-19(15)23(20)28-29-24/h9-14,27-29H,1-8H3. The van der Waals surface area contributed by atoms with Crippen molar-refractivity contribution in [2.75, 3.05) is 19.5 Å². The van der Waals surface area contributed by atoms with Crippen LogP contribution < -0.4 is 14.8 Å². The molecule has 0 atom stereocenters. The molecular weight excluding hydrogens is 386 g/mol. The Labute approximate surface area is 184 Å². The van der Waals surface area contributed by atoms with Crippen molar-refractivity contribution in [3.8, 4) is 22.8 Å². The molecule has 0 unspecified atom stereocenters. The zero-order valence-corrected chi connectivity index (χ0v) is 19.8. The van der Waals surface area contributed by atoms with Gasteiger partial charge in [0.25, 0.3) is 0 Å². The molecule has 5 nitrogen and oxygen atoms in total. The highest BCUT2D eigenvalue weighted by atomic mass is 16.5. The summed E-state index contributed by atoms with van der Waals surface area (Å²) in [6.07, 6.45) is 0. The molecule has 2 aliphatic rings. The first-order valence-corrected chi connectivity index (χ1v) is 10.7. The van der Waals surface area contributed by atoms with Crippen LogP contribution in [0.4, 0.5) is 11.5 Å². The second-order valence-electron chi connectivity index (χ2n) is 10.3. The van der Waals surface area contributed by atoms with E-state index in [1.807, 2.05) is 12.1 Å². The van der Waals surface area contributed by atoms with E-state index in [9.17, 15) is 0 Å². The lowest BCUT2D eigenvalue weighted by atomic mass is 9.80. The van der Waals surface area contributed by atoms with Crippen LogP contribution >= 0.6 is 0 Å². The molecule has 164 valence electrons. The van der Waals surface area contributed by atoms with Crippen LogP contribution in [0.2, 0.25) is 0 Å². The molecule has 2 aromatic carbocycles. The average Bonchev–Trinajstić information content (AvgIpc) is 3.24. The third kappa shape index (κ3) is 3.85. The van der Waals surface area contributed by atoms with E-state index < -0.39 is 0 Å². The molecule has 0 aromatic heterocycles. The molecule has 3 N–H and O–H groups in total. The van der Waals surface area contributed by atoms with Crippen molar-refractivity contribution in [1.82, 2.24) is 10.2 Å². The predicted molar refractivity (Wildman–Crippen MR) is 130 cm³/mol. The maximum atomic E-state index is 5.49. The van der Waals surface area contributed by atoms with Crippen molar-refractivity contribution in [1.29, 1.82) is 0 Å². The summed E-state index contributed by atoms with van der Waals surface area (Å²) >= 11 is 0. The maximum absolute atomic E-state index is 5.49. The summed E-state index contributed by atoms with van der Waals surface area (Å²) in [5, 5.41) is 12.5. The number of fused-ring (bicyclic) bond motifs is 3. The molecule has 0 saturated carbocycles. The molecule has 31 heavy (non-hydrogen) atoms. The number of hydrogen-bond acceptors (Lipinski definition) is 3. The lowest BCUT2D eigenvalue weighted by Gasteiger charge is -2.26.